The van der Waals surface area contributed by atoms with E-state index in [-0.39, 0.29) is 0 Å². The Morgan fingerprint density at radius 2 is 2.05 bits per heavy atom. The van der Waals surface area contributed by atoms with Crippen molar-refractivity contribution in [3.8, 4) is 16.4 Å². The van der Waals surface area contributed by atoms with E-state index in [1.54, 1.807) is 11.3 Å². The Labute approximate surface area is 141 Å². The van der Waals surface area contributed by atoms with Crippen molar-refractivity contribution in [1.29, 1.82) is 0 Å². The number of aryl methyl sites for hydroxylation is 1. The fourth-order valence-electron chi connectivity index (χ4n) is 1.96. The van der Waals surface area contributed by atoms with Crippen molar-refractivity contribution in [3.63, 3.8) is 0 Å². The Kier molecular flexibility index (Phi) is 3.94. The van der Waals surface area contributed by atoms with Crippen molar-refractivity contribution in [2.75, 3.05) is 0 Å². The number of hydrogen-bond donors (Lipinski definition) is 1. The lowest BCUT2D eigenvalue weighted by Crippen LogP contribution is -1.99. The number of nitrogens with zero attached hydrogens (tertiary/aromatic N) is 2. The normalized spacial score (nSPS) is 10.9. The summed E-state index contributed by atoms with van der Waals surface area (Å²) in [6, 6.07) is 10.2. The van der Waals surface area contributed by atoms with Gasteiger partial charge in [0.05, 0.1) is 14.4 Å². The van der Waals surface area contributed by atoms with E-state index in [9.17, 15) is 0 Å². The molecule has 1 aromatic carbocycles. The van der Waals surface area contributed by atoms with Gasteiger partial charge in [0.25, 0.3) is 0 Å². The zero-order chi connectivity index (χ0) is 14.3. The predicted molar refractivity (Wildman–Crippen MR) is 92.2 cm³/mol. The van der Waals surface area contributed by atoms with Gasteiger partial charge in [-0.15, -0.1) is 11.3 Å². The van der Waals surface area contributed by atoms with Gasteiger partial charge in [-0.3, -0.25) is 9.67 Å². The Morgan fingerprint density at radius 1 is 1.30 bits per heavy atom. The molecule has 0 fully saturated rings. The van der Waals surface area contributed by atoms with Crippen molar-refractivity contribution in [2.45, 2.75) is 6.92 Å². The fraction of sp³-hybridized carbons (Fsp3) is 0.0769. The first-order chi connectivity index (χ1) is 9.58. The molecule has 0 spiro atoms. The molecule has 0 aliphatic heterocycles. The number of halogens is 2. The van der Waals surface area contributed by atoms with Crippen LogP contribution in [0.15, 0.2) is 38.6 Å². The van der Waals surface area contributed by atoms with Crippen LogP contribution in [0.3, 0.4) is 0 Å². The molecular weight excluding hydrogens is 422 g/mol. The Morgan fingerprint density at radius 3 is 2.70 bits per heavy atom. The fourth-order valence-corrected chi connectivity index (χ4v) is 4.20. The topological polar surface area (TPSA) is 33.6 Å². The van der Waals surface area contributed by atoms with Crippen LogP contribution in [0.4, 0.5) is 0 Å². The van der Waals surface area contributed by atoms with E-state index < -0.39 is 0 Å². The van der Waals surface area contributed by atoms with Crippen LogP contribution in [0.25, 0.3) is 16.4 Å². The lowest BCUT2D eigenvalue weighted by atomic mass is 10.2. The lowest BCUT2D eigenvalue weighted by Gasteiger charge is -2.08. The van der Waals surface area contributed by atoms with Crippen molar-refractivity contribution in [2.24, 2.45) is 0 Å². The first-order valence-corrected chi connectivity index (χ1v) is 8.57. The highest BCUT2D eigenvalue weighted by atomic mass is 79.9. The molecule has 1 N–H and O–H groups in total. The van der Waals surface area contributed by atoms with Gasteiger partial charge < -0.3 is 0 Å². The highest BCUT2D eigenvalue weighted by Crippen LogP contribution is 2.38. The summed E-state index contributed by atoms with van der Waals surface area (Å²) in [6.07, 6.45) is 0. The number of nitrogens with one attached hydrogen (secondary N) is 1. The third-order valence-corrected chi connectivity index (χ3v) is 6.42. The summed E-state index contributed by atoms with van der Waals surface area (Å²) < 4.78 is 4.62. The summed E-state index contributed by atoms with van der Waals surface area (Å²) >= 11 is 14.0. The second kappa shape index (κ2) is 5.55. The van der Waals surface area contributed by atoms with E-state index in [1.165, 1.54) is 0 Å². The van der Waals surface area contributed by atoms with Gasteiger partial charge in [0.2, 0.25) is 0 Å². The summed E-state index contributed by atoms with van der Waals surface area (Å²) in [5.41, 5.74) is 2.20. The number of thiophene rings is 1. The van der Waals surface area contributed by atoms with Crippen LogP contribution in [-0.2, 0) is 0 Å². The molecule has 0 saturated carbocycles. The van der Waals surface area contributed by atoms with Crippen LogP contribution < -0.4 is 0 Å². The smallest absolute Gasteiger partial charge is 0.200 e. The van der Waals surface area contributed by atoms with Gasteiger partial charge in [-0.1, -0.05) is 18.2 Å². The minimum atomic E-state index is 0.593. The second-order valence-electron chi connectivity index (χ2n) is 4.21. The number of aromatic amines is 1. The van der Waals surface area contributed by atoms with Gasteiger partial charge >= 0.3 is 0 Å². The Hall–Kier alpha value is -0.760. The molecular formula is C13H9Br2N3S2. The molecule has 20 heavy (non-hydrogen) atoms. The summed E-state index contributed by atoms with van der Waals surface area (Å²) in [5, 5.41) is 7.25. The quantitative estimate of drug-likeness (QED) is 0.545. The molecule has 7 heteroatoms. The summed E-state index contributed by atoms with van der Waals surface area (Å²) in [5.74, 6) is 0.820. The van der Waals surface area contributed by atoms with E-state index >= 15 is 0 Å². The van der Waals surface area contributed by atoms with Crippen molar-refractivity contribution in [1.82, 2.24) is 14.8 Å². The van der Waals surface area contributed by atoms with Crippen LogP contribution in [0.2, 0.25) is 0 Å². The number of hydrogen-bond acceptors (Lipinski definition) is 3. The Balaban J connectivity index is 2.25. The van der Waals surface area contributed by atoms with Crippen LogP contribution in [0.1, 0.15) is 5.56 Å². The minimum Gasteiger partial charge on any atom is -0.267 e. The maximum absolute atomic E-state index is 5.38. The van der Waals surface area contributed by atoms with E-state index in [0.717, 1.165) is 30.2 Å². The standard InChI is InChI=1S/C13H9Br2N3S2/c1-7-4-2-3-5-9(7)18-12(16-17-13(18)19)10-6-8(14)11(15)20-10/h2-6H,1H3,(H,17,19). The second-order valence-corrected chi connectivity index (χ2v) is 7.82. The molecule has 0 bridgehead atoms. The highest BCUT2D eigenvalue weighted by molar-refractivity contribution is 9.13. The minimum absolute atomic E-state index is 0.593. The summed E-state index contributed by atoms with van der Waals surface area (Å²) in [6.45, 7) is 2.06. The number of para-hydroxylation sites is 1. The van der Waals surface area contributed by atoms with Gasteiger partial charge in [-0.05, 0) is 68.7 Å². The number of benzene rings is 1. The van der Waals surface area contributed by atoms with E-state index in [4.69, 9.17) is 12.2 Å². The molecule has 0 unspecified atom stereocenters. The molecule has 3 rings (SSSR count). The van der Waals surface area contributed by atoms with Crippen molar-refractivity contribution in [3.05, 3.63) is 48.9 Å². The maximum Gasteiger partial charge on any atom is 0.200 e. The van der Waals surface area contributed by atoms with E-state index in [0.29, 0.717) is 4.77 Å². The lowest BCUT2D eigenvalue weighted by molar-refractivity contribution is 1.02. The third kappa shape index (κ3) is 2.43. The van der Waals surface area contributed by atoms with E-state index in [1.807, 2.05) is 28.8 Å². The van der Waals surface area contributed by atoms with Gasteiger partial charge in [-0.2, -0.15) is 5.10 Å². The van der Waals surface area contributed by atoms with Crippen molar-refractivity contribution >= 4 is 55.4 Å². The first kappa shape index (κ1) is 14.2. The summed E-state index contributed by atoms with van der Waals surface area (Å²) in [7, 11) is 0. The third-order valence-electron chi connectivity index (χ3n) is 2.89. The molecule has 0 radical (unpaired) electrons. The van der Waals surface area contributed by atoms with Gasteiger partial charge in [0.15, 0.2) is 10.6 Å². The molecule has 3 nitrogen and oxygen atoms in total. The number of rotatable bonds is 2. The SMILES string of the molecule is Cc1ccccc1-n1c(-c2cc(Br)c(Br)s2)n[nH]c1=S. The van der Waals surface area contributed by atoms with Crippen molar-refractivity contribution < 1.29 is 0 Å². The van der Waals surface area contributed by atoms with Crippen LogP contribution >= 0.6 is 55.4 Å². The number of H-pyrrole nitrogens is 1. The zero-order valence-corrected chi connectivity index (χ0v) is 15.2. The Bertz CT molecular complexity index is 813. The molecule has 102 valence electrons. The van der Waals surface area contributed by atoms with Crippen LogP contribution in [-0.4, -0.2) is 14.8 Å². The van der Waals surface area contributed by atoms with Crippen LogP contribution in [0.5, 0.6) is 0 Å². The molecule has 2 aromatic heterocycles. The predicted octanol–water partition coefficient (Wildman–Crippen LogP) is 5.49. The first-order valence-electron chi connectivity index (χ1n) is 5.76. The monoisotopic (exact) mass is 429 g/mol. The molecule has 0 atom stereocenters. The van der Waals surface area contributed by atoms with Gasteiger partial charge in [-0.25, -0.2) is 0 Å². The van der Waals surface area contributed by atoms with Gasteiger partial charge in [0.1, 0.15) is 0 Å². The molecule has 0 saturated heterocycles. The average Bonchev–Trinajstić information content (AvgIpc) is 2.94. The molecule has 2 heterocycles. The largest absolute Gasteiger partial charge is 0.267 e. The average molecular weight is 431 g/mol. The zero-order valence-electron chi connectivity index (χ0n) is 10.4. The number of aromatic nitrogens is 3. The molecule has 0 aliphatic carbocycles. The van der Waals surface area contributed by atoms with Crippen LogP contribution in [0, 0.1) is 11.7 Å². The maximum atomic E-state index is 5.38. The molecule has 0 amide bonds. The highest BCUT2D eigenvalue weighted by Gasteiger charge is 2.15. The van der Waals surface area contributed by atoms with Gasteiger partial charge in [0, 0.05) is 4.47 Å². The summed E-state index contributed by atoms with van der Waals surface area (Å²) in [4.78, 5) is 1.04. The molecule has 0 aliphatic rings. The molecule has 3 aromatic rings. The van der Waals surface area contributed by atoms with E-state index in [2.05, 4.69) is 55.0 Å².